The molecule has 0 bridgehead atoms. The largest absolute Gasteiger partial charge is 0.398 e. The van der Waals surface area contributed by atoms with E-state index in [4.69, 9.17) is 17.3 Å². The van der Waals surface area contributed by atoms with E-state index in [1.165, 1.54) is 16.4 Å². The third-order valence-corrected chi connectivity index (χ3v) is 6.50. The average molecular weight is 368 g/mol. The van der Waals surface area contributed by atoms with E-state index in [1.54, 1.807) is 0 Å². The Morgan fingerprint density at radius 1 is 1.16 bits per heavy atom. The Morgan fingerprint density at radius 3 is 2.32 bits per heavy atom. The first-order valence-electron chi connectivity index (χ1n) is 6.17. The van der Waals surface area contributed by atoms with E-state index in [1.807, 2.05) is 0 Å². The van der Waals surface area contributed by atoms with Gasteiger partial charge in [-0.15, -0.1) is 0 Å². The average Bonchev–Trinajstić information content (AvgIpc) is 2.62. The second-order valence-electron chi connectivity index (χ2n) is 4.63. The summed E-state index contributed by atoms with van der Waals surface area (Å²) in [5, 5.41) is 0.328. The molecule has 0 aliphatic carbocycles. The van der Waals surface area contributed by atoms with Crippen LogP contribution in [0.2, 0.25) is 5.02 Å². The lowest BCUT2D eigenvalue weighted by Gasteiger charge is -2.21. The number of nitrogen functional groups attached to an aromatic ring is 1. The molecule has 19 heavy (non-hydrogen) atoms. The molecule has 1 heterocycles. The second kappa shape index (κ2) is 5.99. The highest BCUT2D eigenvalue weighted by atomic mass is 79.9. The summed E-state index contributed by atoms with van der Waals surface area (Å²) in [6, 6.07) is 2.98. The van der Waals surface area contributed by atoms with Gasteiger partial charge in [-0.25, -0.2) is 8.42 Å². The van der Waals surface area contributed by atoms with Crippen LogP contribution in [0.5, 0.6) is 0 Å². The molecule has 7 heteroatoms. The van der Waals surface area contributed by atoms with Crippen LogP contribution in [0.4, 0.5) is 5.69 Å². The fourth-order valence-electron chi connectivity index (χ4n) is 2.19. The molecule has 0 saturated carbocycles. The number of rotatable bonds is 2. The molecule has 1 aromatic carbocycles. The number of halogens is 2. The summed E-state index contributed by atoms with van der Waals surface area (Å²) in [4.78, 5) is 0.152. The zero-order chi connectivity index (χ0) is 14.0. The third-order valence-electron chi connectivity index (χ3n) is 3.22. The lowest BCUT2D eigenvalue weighted by molar-refractivity contribution is 0.423. The van der Waals surface area contributed by atoms with Gasteiger partial charge in [0.05, 0.1) is 9.37 Å². The summed E-state index contributed by atoms with van der Waals surface area (Å²) in [5.74, 6) is 0. The summed E-state index contributed by atoms with van der Waals surface area (Å²) in [6.07, 6.45) is 3.94. The minimum Gasteiger partial charge on any atom is -0.398 e. The number of hydrogen-bond donors (Lipinski definition) is 1. The molecule has 106 valence electrons. The van der Waals surface area contributed by atoms with Gasteiger partial charge in [0.25, 0.3) is 0 Å². The van der Waals surface area contributed by atoms with Crippen LogP contribution in [0.25, 0.3) is 0 Å². The number of nitrogens with zero attached hydrogens (tertiary/aromatic N) is 1. The van der Waals surface area contributed by atoms with Gasteiger partial charge in [0.2, 0.25) is 10.0 Å². The Bertz CT molecular complexity index is 569. The molecule has 1 aromatic rings. The highest BCUT2D eigenvalue weighted by molar-refractivity contribution is 9.10. The van der Waals surface area contributed by atoms with E-state index in [-0.39, 0.29) is 4.90 Å². The van der Waals surface area contributed by atoms with Crippen molar-refractivity contribution in [1.82, 2.24) is 4.31 Å². The molecular weight excluding hydrogens is 352 g/mol. The van der Waals surface area contributed by atoms with Crippen LogP contribution in [0, 0.1) is 0 Å². The normalized spacial score (nSPS) is 18.2. The summed E-state index contributed by atoms with van der Waals surface area (Å²) >= 11 is 9.16. The van der Waals surface area contributed by atoms with Gasteiger partial charge in [0.15, 0.2) is 0 Å². The number of sulfonamides is 1. The maximum atomic E-state index is 12.6. The smallest absolute Gasteiger partial charge is 0.244 e. The molecule has 0 aromatic heterocycles. The number of anilines is 1. The molecule has 1 fully saturated rings. The Morgan fingerprint density at radius 2 is 1.74 bits per heavy atom. The van der Waals surface area contributed by atoms with Crippen LogP contribution in [-0.2, 0) is 10.0 Å². The van der Waals surface area contributed by atoms with E-state index in [0.29, 0.717) is 28.3 Å². The van der Waals surface area contributed by atoms with Gasteiger partial charge < -0.3 is 5.73 Å². The number of nitrogens with two attached hydrogens (primary N) is 1. The summed E-state index contributed by atoms with van der Waals surface area (Å²) in [5.41, 5.74) is 6.10. The van der Waals surface area contributed by atoms with E-state index in [0.717, 1.165) is 25.7 Å². The summed E-state index contributed by atoms with van der Waals surface area (Å²) < 4.78 is 27.2. The van der Waals surface area contributed by atoms with Crippen LogP contribution in [0.3, 0.4) is 0 Å². The maximum absolute atomic E-state index is 12.6. The SMILES string of the molecule is Nc1cc(Cl)cc(S(=O)(=O)N2CCCCCC2)c1Br. The molecule has 0 unspecified atom stereocenters. The Kier molecular flexibility index (Phi) is 4.76. The fourth-order valence-corrected chi connectivity index (χ4v) is 4.96. The summed E-state index contributed by atoms with van der Waals surface area (Å²) in [6.45, 7) is 1.11. The minimum absolute atomic E-state index is 0.152. The zero-order valence-electron chi connectivity index (χ0n) is 10.4. The Labute approximate surface area is 127 Å². The van der Waals surface area contributed by atoms with Gasteiger partial charge in [-0.1, -0.05) is 24.4 Å². The molecule has 1 aliphatic heterocycles. The Hall–Kier alpha value is -0.300. The van der Waals surface area contributed by atoms with Gasteiger partial charge in [-0.05, 0) is 40.9 Å². The van der Waals surface area contributed by atoms with Crippen molar-refractivity contribution in [3.8, 4) is 0 Å². The van der Waals surface area contributed by atoms with Crippen molar-refractivity contribution in [1.29, 1.82) is 0 Å². The Balaban J connectivity index is 2.44. The molecule has 2 rings (SSSR count). The van der Waals surface area contributed by atoms with E-state index in [2.05, 4.69) is 15.9 Å². The summed E-state index contributed by atoms with van der Waals surface area (Å²) in [7, 11) is -3.54. The monoisotopic (exact) mass is 366 g/mol. The van der Waals surface area contributed by atoms with Crippen LogP contribution >= 0.6 is 27.5 Å². The van der Waals surface area contributed by atoms with Crippen LogP contribution < -0.4 is 5.73 Å². The van der Waals surface area contributed by atoms with Crippen molar-refractivity contribution in [2.24, 2.45) is 0 Å². The first-order chi connectivity index (χ1) is 8.93. The van der Waals surface area contributed by atoms with E-state index >= 15 is 0 Å². The van der Waals surface area contributed by atoms with Crippen molar-refractivity contribution >= 4 is 43.2 Å². The lowest BCUT2D eigenvalue weighted by Crippen LogP contribution is -2.32. The van der Waals surface area contributed by atoms with Gasteiger partial charge in [-0.2, -0.15) is 4.31 Å². The zero-order valence-corrected chi connectivity index (χ0v) is 13.6. The predicted molar refractivity (Wildman–Crippen MR) is 80.8 cm³/mol. The third kappa shape index (κ3) is 3.24. The van der Waals surface area contributed by atoms with Crippen molar-refractivity contribution in [3.63, 3.8) is 0 Å². The molecule has 2 N–H and O–H groups in total. The highest BCUT2D eigenvalue weighted by Crippen LogP contribution is 2.33. The van der Waals surface area contributed by atoms with Crippen LogP contribution in [0.15, 0.2) is 21.5 Å². The molecule has 1 aliphatic rings. The fraction of sp³-hybridized carbons (Fsp3) is 0.500. The molecule has 4 nitrogen and oxygen atoms in total. The molecule has 0 atom stereocenters. The molecular formula is C12H16BrClN2O2S. The second-order valence-corrected chi connectivity index (χ2v) is 7.76. The van der Waals surface area contributed by atoms with Crippen molar-refractivity contribution in [2.45, 2.75) is 30.6 Å². The lowest BCUT2D eigenvalue weighted by atomic mass is 10.2. The van der Waals surface area contributed by atoms with E-state index < -0.39 is 10.0 Å². The predicted octanol–water partition coefficient (Wildman–Crippen LogP) is 3.25. The van der Waals surface area contributed by atoms with Crippen LogP contribution in [-0.4, -0.2) is 25.8 Å². The standard InChI is InChI=1S/C12H16BrClN2O2S/c13-12-10(15)7-9(14)8-11(12)19(17,18)16-5-3-1-2-4-6-16/h7-8H,1-6,15H2. The van der Waals surface area contributed by atoms with Gasteiger partial charge >= 0.3 is 0 Å². The quantitative estimate of drug-likeness (QED) is 0.816. The first kappa shape index (κ1) is 15.1. The van der Waals surface area contributed by atoms with Crippen LogP contribution in [0.1, 0.15) is 25.7 Å². The molecule has 0 spiro atoms. The van der Waals surface area contributed by atoms with Gasteiger partial charge in [0, 0.05) is 23.8 Å². The van der Waals surface area contributed by atoms with Gasteiger partial charge in [-0.3, -0.25) is 0 Å². The maximum Gasteiger partial charge on any atom is 0.244 e. The molecule has 0 radical (unpaired) electrons. The van der Waals surface area contributed by atoms with Crippen molar-refractivity contribution in [2.75, 3.05) is 18.8 Å². The number of hydrogen-bond acceptors (Lipinski definition) is 3. The molecule has 1 saturated heterocycles. The minimum atomic E-state index is -3.54. The topological polar surface area (TPSA) is 63.4 Å². The van der Waals surface area contributed by atoms with Crippen molar-refractivity contribution < 1.29 is 8.42 Å². The highest BCUT2D eigenvalue weighted by Gasteiger charge is 2.28. The van der Waals surface area contributed by atoms with Gasteiger partial charge in [0.1, 0.15) is 0 Å². The number of benzene rings is 1. The van der Waals surface area contributed by atoms with E-state index in [9.17, 15) is 8.42 Å². The first-order valence-corrected chi connectivity index (χ1v) is 8.78. The van der Waals surface area contributed by atoms with Crippen molar-refractivity contribution in [3.05, 3.63) is 21.6 Å². The molecule has 0 amide bonds.